The van der Waals surface area contributed by atoms with Crippen LogP contribution in [0.5, 0.6) is 17.4 Å². The van der Waals surface area contributed by atoms with Crippen LogP contribution in [-0.2, 0) is 19.8 Å². The van der Waals surface area contributed by atoms with E-state index in [4.69, 9.17) is 9.47 Å². The molecule has 0 saturated carbocycles. The summed E-state index contributed by atoms with van der Waals surface area (Å²) < 4.78 is 52.2. The number of pyridine rings is 1. The molecular weight excluding hydrogens is 727 g/mol. The smallest absolute Gasteiger partial charge is 0.416 e. The van der Waals surface area contributed by atoms with Gasteiger partial charge >= 0.3 is 6.18 Å². The third-order valence-electron chi connectivity index (χ3n) is 8.79. The van der Waals surface area contributed by atoms with Crippen LogP contribution in [-0.4, -0.2) is 71.0 Å². The first-order valence-electron chi connectivity index (χ1n) is 16.4. The SMILES string of the molecule is Br.CCCOc1ccc(CN2CCN(C(=O)c3cc4ccc(Oc5ccc(N(C)C(=O)c6ccc(C(F)(F)F)cc6)cn5)cc4n3C)CC2)cc1. The van der Waals surface area contributed by atoms with E-state index in [2.05, 4.69) is 28.9 Å². The first kappa shape index (κ1) is 37.4. The van der Waals surface area contributed by atoms with Gasteiger partial charge in [-0.15, -0.1) is 17.0 Å². The van der Waals surface area contributed by atoms with Crippen LogP contribution in [0.4, 0.5) is 18.9 Å². The summed E-state index contributed by atoms with van der Waals surface area (Å²) in [6.45, 7) is 6.46. The summed E-state index contributed by atoms with van der Waals surface area (Å²) in [5, 5.41) is 0.903. The Bertz CT molecular complexity index is 1960. The van der Waals surface area contributed by atoms with E-state index in [0.29, 0.717) is 36.8 Å². The van der Waals surface area contributed by atoms with Gasteiger partial charge in [0.05, 0.1) is 29.6 Å². The van der Waals surface area contributed by atoms with Gasteiger partial charge in [0, 0.05) is 69.9 Å². The maximum Gasteiger partial charge on any atom is 0.416 e. The van der Waals surface area contributed by atoms with Crippen LogP contribution in [0, 0.1) is 0 Å². The Morgan fingerprint density at radius 2 is 1.57 bits per heavy atom. The number of amides is 2. The lowest BCUT2D eigenvalue weighted by Crippen LogP contribution is -2.48. The number of nitrogens with zero attached hydrogens (tertiary/aromatic N) is 5. The number of hydrogen-bond donors (Lipinski definition) is 0. The van der Waals surface area contributed by atoms with Gasteiger partial charge in [0.2, 0.25) is 5.88 Å². The van der Waals surface area contributed by atoms with Gasteiger partial charge in [-0.25, -0.2) is 4.98 Å². The highest BCUT2D eigenvalue weighted by Gasteiger charge is 2.30. The van der Waals surface area contributed by atoms with Crippen LogP contribution in [0.25, 0.3) is 10.9 Å². The highest BCUT2D eigenvalue weighted by molar-refractivity contribution is 8.93. The van der Waals surface area contributed by atoms with Crippen molar-refractivity contribution >= 4 is 45.4 Å². The number of fused-ring (bicyclic) bond motifs is 1. The molecule has 3 aromatic carbocycles. The minimum atomic E-state index is -4.48. The molecular formula is C38H39BrF3N5O4. The second-order valence-electron chi connectivity index (χ2n) is 12.3. The normalized spacial score (nSPS) is 13.5. The van der Waals surface area contributed by atoms with E-state index < -0.39 is 17.6 Å². The van der Waals surface area contributed by atoms with E-state index >= 15 is 0 Å². The van der Waals surface area contributed by atoms with Gasteiger partial charge in [0.1, 0.15) is 17.2 Å². The Kier molecular flexibility index (Phi) is 11.7. The summed E-state index contributed by atoms with van der Waals surface area (Å²) in [6, 6.07) is 22.9. The number of piperazine rings is 1. The predicted octanol–water partition coefficient (Wildman–Crippen LogP) is 7.99. The molecule has 0 bridgehead atoms. The number of halogens is 4. The predicted molar refractivity (Wildman–Crippen MR) is 195 cm³/mol. The van der Waals surface area contributed by atoms with E-state index in [1.54, 1.807) is 18.2 Å². The van der Waals surface area contributed by atoms with Crippen LogP contribution in [0.3, 0.4) is 0 Å². The van der Waals surface area contributed by atoms with Crippen molar-refractivity contribution in [3.8, 4) is 17.4 Å². The molecule has 1 aliphatic rings. The molecule has 2 aromatic heterocycles. The average Bonchev–Trinajstić information content (AvgIpc) is 3.46. The molecule has 0 aliphatic carbocycles. The number of carbonyl (C=O) groups is 2. The molecule has 1 aliphatic heterocycles. The van der Waals surface area contributed by atoms with Crippen LogP contribution < -0.4 is 14.4 Å². The molecule has 0 unspecified atom stereocenters. The highest BCUT2D eigenvalue weighted by atomic mass is 79.9. The Hall–Kier alpha value is -4.88. The van der Waals surface area contributed by atoms with Gasteiger partial charge in [-0.2, -0.15) is 13.2 Å². The van der Waals surface area contributed by atoms with Gasteiger partial charge < -0.3 is 23.8 Å². The number of hydrogen-bond acceptors (Lipinski definition) is 6. The van der Waals surface area contributed by atoms with Crippen LogP contribution in [0.1, 0.15) is 45.3 Å². The van der Waals surface area contributed by atoms with Crippen molar-refractivity contribution in [3.63, 3.8) is 0 Å². The molecule has 1 saturated heterocycles. The summed E-state index contributed by atoms with van der Waals surface area (Å²) in [6.07, 6.45) is -2.05. The minimum Gasteiger partial charge on any atom is -0.494 e. The fourth-order valence-corrected chi connectivity index (χ4v) is 5.88. The second-order valence-corrected chi connectivity index (χ2v) is 12.3. The average molecular weight is 767 g/mol. The van der Waals surface area contributed by atoms with E-state index in [9.17, 15) is 22.8 Å². The fourth-order valence-electron chi connectivity index (χ4n) is 5.88. The van der Waals surface area contributed by atoms with Crippen molar-refractivity contribution < 1.29 is 32.2 Å². The van der Waals surface area contributed by atoms with Crippen molar-refractivity contribution in [2.75, 3.05) is 44.7 Å². The molecule has 0 N–H and O–H groups in total. The second kappa shape index (κ2) is 16.0. The van der Waals surface area contributed by atoms with Crippen molar-refractivity contribution in [1.29, 1.82) is 0 Å². The molecule has 5 aromatic rings. The summed E-state index contributed by atoms with van der Waals surface area (Å²) in [5.74, 6) is 1.19. The largest absolute Gasteiger partial charge is 0.494 e. The van der Waals surface area contributed by atoms with E-state index in [1.165, 1.54) is 23.7 Å². The number of aromatic nitrogens is 2. The summed E-state index contributed by atoms with van der Waals surface area (Å²) in [4.78, 5) is 36.3. The van der Waals surface area contributed by atoms with E-state index in [1.807, 2.05) is 46.8 Å². The van der Waals surface area contributed by atoms with Crippen molar-refractivity contribution in [2.45, 2.75) is 26.1 Å². The van der Waals surface area contributed by atoms with E-state index in [-0.39, 0.29) is 34.3 Å². The summed E-state index contributed by atoms with van der Waals surface area (Å²) in [5.41, 5.74) is 2.37. The molecule has 51 heavy (non-hydrogen) atoms. The van der Waals surface area contributed by atoms with Gasteiger partial charge in [-0.05, 0) is 72.6 Å². The molecule has 268 valence electrons. The zero-order valence-corrected chi connectivity index (χ0v) is 30.2. The van der Waals surface area contributed by atoms with Gasteiger partial charge in [0.25, 0.3) is 11.8 Å². The standard InChI is InChI=1S/C38H38F3N5O4.BrH/c1-4-21-49-31-13-5-26(6-14-31)25-45-17-19-46(20-18-45)37(48)34-22-28-9-15-32(23-33(28)44(34)3)50-35-16-12-30(24-42-35)43(2)36(47)27-7-10-29(11-8-27)38(39,40)41;/h5-16,22-24H,4,17-21,25H2,1-3H3;1H. The number of ether oxygens (including phenoxy) is 2. The number of alkyl halides is 3. The molecule has 9 nitrogen and oxygen atoms in total. The van der Waals surface area contributed by atoms with Gasteiger partial charge in [-0.3, -0.25) is 14.5 Å². The molecule has 0 spiro atoms. The Morgan fingerprint density at radius 3 is 2.20 bits per heavy atom. The summed E-state index contributed by atoms with van der Waals surface area (Å²) in [7, 11) is 3.38. The molecule has 2 amide bonds. The van der Waals surface area contributed by atoms with Crippen LogP contribution >= 0.6 is 17.0 Å². The molecule has 1 fully saturated rings. The minimum absolute atomic E-state index is 0. The zero-order chi connectivity index (χ0) is 35.4. The Morgan fingerprint density at radius 1 is 0.882 bits per heavy atom. The lowest BCUT2D eigenvalue weighted by Gasteiger charge is -2.34. The number of anilines is 1. The number of carbonyl (C=O) groups excluding carboxylic acids is 2. The quantitative estimate of drug-likeness (QED) is 0.144. The Balaban J connectivity index is 0.00000504. The van der Waals surface area contributed by atoms with Gasteiger partial charge in [0.15, 0.2) is 0 Å². The van der Waals surface area contributed by atoms with Crippen LogP contribution in [0.2, 0.25) is 0 Å². The summed E-state index contributed by atoms with van der Waals surface area (Å²) >= 11 is 0. The first-order valence-corrected chi connectivity index (χ1v) is 16.4. The topological polar surface area (TPSA) is 80.1 Å². The monoisotopic (exact) mass is 765 g/mol. The molecule has 13 heteroatoms. The van der Waals surface area contributed by atoms with Crippen LogP contribution in [0.15, 0.2) is 91.1 Å². The van der Waals surface area contributed by atoms with E-state index in [0.717, 1.165) is 67.0 Å². The maximum atomic E-state index is 13.6. The maximum absolute atomic E-state index is 13.6. The lowest BCUT2D eigenvalue weighted by molar-refractivity contribution is -0.137. The number of benzene rings is 3. The zero-order valence-electron chi connectivity index (χ0n) is 28.5. The van der Waals surface area contributed by atoms with Crippen molar-refractivity contribution in [3.05, 3.63) is 114 Å². The number of rotatable bonds is 10. The van der Waals surface area contributed by atoms with Crippen molar-refractivity contribution in [2.24, 2.45) is 7.05 Å². The third kappa shape index (κ3) is 8.71. The van der Waals surface area contributed by atoms with Crippen molar-refractivity contribution in [1.82, 2.24) is 19.4 Å². The molecule has 3 heterocycles. The molecule has 0 atom stereocenters. The Labute approximate surface area is 305 Å². The lowest BCUT2D eigenvalue weighted by atomic mass is 10.1. The van der Waals surface area contributed by atoms with Gasteiger partial charge in [-0.1, -0.05) is 19.1 Å². The first-order chi connectivity index (χ1) is 24.0. The third-order valence-corrected chi connectivity index (χ3v) is 8.79. The highest BCUT2D eigenvalue weighted by Crippen LogP contribution is 2.31. The molecule has 0 radical (unpaired) electrons. The number of aryl methyl sites for hydroxylation is 1. The molecule has 6 rings (SSSR count). The fraction of sp³-hybridized carbons (Fsp3) is 0.289.